The van der Waals surface area contributed by atoms with E-state index in [1.54, 1.807) is 11.8 Å². The third-order valence-electron chi connectivity index (χ3n) is 3.93. The number of hydrogen-bond acceptors (Lipinski definition) is 6. The van der Waals surface area contributed by atoms with Crippen LogP contribution in [0.3, 0.4) is 0 Å². The Bertz CT molecular complexity index is 489. The number of nitrogens with one attached hydrogen (secondary N) is 1. The van der Waals surface area contributed by atoms with E-state index in [-0.39, 0.29) is 23.4 Å². The van der Waals surface area contributed by atoms with Crippen LogP contribution in [0.4, 0.5) is 0 Å². The van der Waals surface area contributed by atoms with E-state index in [1.165, 1.54) is 6.20 Å². The monoisotopic (exact) mass is 336 g/mol. The first-order valence-corrected chi connectivity index (χ1v) is 8.43. The smallest absolute Gasteiger partial charge is 0.309 e. The van der Waals surface area contributed by atoms with Gasteiger partial charge in [0, 0.05) is 25.8 Å². The number of ether oxygens (including phenoxy) is 1. The van der Waals surface area contributed by atoms with Crippen molar-refractivity contribution in [2.75, 3.05) is 46.9 Å². The normalized spacial score (nSPS) is 16.0. The summed E-state index contributed by atoms with van der Waals surface area (Å²) in [4.78, 5) is 27.8. The van der Waals surface area contributed by atoms with Gasteiger partial charge in [0.15, 0.2) is 0 Å². The number of nitriles is 1. The molecule has 1 saturated heterocycles. The third kappa shape index (κ3) is 6.59. The molecule has 1 N–H and O–H groups in total. The predicted molar refractivity (Wildman–Crippen MR) is 90.8 cm³/mol. The summed E-state index contributed by atoms with van der Waals surface area (Å²) in [6.45, 7) is 4.76. The van der Waals surface area contributed by atoms with Gasteiger partial charge in [-0.05, 0) is 46.8 Å². The first-order chi connectivity index (χ1) is 11.5. The van der Waals surface area contributed by atoms with Gasteiger partial charge in [0.2, 0.25) is 0 Å². The maximum atomic E-state index is 12.4. The fraction of sp³-hybridized carbons (Fsp3) is 0.706. The van der Waals surface area contributed by atoms with Crippen molar-refractivity contribution in [1.82, 2.24) is 15.1 Å². The fourth-order valence-corrected chi connectivity index (χ4v) is 2.56. The molecule has 1 fully saturated rings. The molecule has 1 amide bonds. The van der Waals surface area contributed by atoms with Gasteiger partial charge < -0.3 is 19.9 Å². The van der Waals surface area contributed by atoms with Crippen LogP contribution in [0, 0.1) is 17.2 Å². The molecular formula is C17H28N4O3. The van der Waals surface area contributed by atoms with Crippen molar-refractivity contribution in [2.45, 2.75) is 26.2 Å². The van der Waals surface area contributed by atoms with E-state index < -0.39 is 0 Å². The van der Waals surface area contributed by atoms with Gasteiger partial charge in [0.1, 0.15) is 11.6 Å². The first-order valence-electron chi connectivity index (χ1n) is 8.43. The van der Waals surface area contributed by atoms with E-state index in [9.17, 15) is 14.9 Å². The minimum Gasteiger partial charge on any atom is -0.466 e. The molecule has 24 heavy (non-hydrogen) atoms. The van der Waals surface area contributed by atoms with Crippen molar-refractivity contribution < 1.29 is 14.3 Å². The molecule has 0 bridgehead atoms. The number of carbonyl (C=O) groups excluding carboxylic acids is 2. The largest absolute Gasteiger partial charge is 0.466 e. The lowest BCUT2D eigenvalue weighted by atomic mass is 9.96. The summed E-state index contributed by atoms with van der Waals surface area (Å²) in [5.41, 5.74) is 0.106. The van der Waals surface area contributed by atoms with E-state index in [0.717, 1.165) is 13.0 Å². The Balaban J connectivity index is 2.44. The van der Waals surface area contributed by atoms with Gasteiger partial charge in [0.05, 0.1) is 12.5 Å². The molecule has 0 aliphatic carbocycles. The van der Waals surface area contributed by atoms with Gasteiger partial charge in [-0.1, -0.05) is 0 Å². The average molecular weight is 336 g/mol. The third-order valence-corrected chi connectivity index (χ3v) is 3.93. The summed E-state index contributed by atoms with van der Waals surface area (Å²) in [6, 6.07) is 1.96. The SMILES string of the molecule is CCOC(=O)C1CCN(C(=O)/C(C#N)=C\NCCCN(C)C)CC1. The molecule has 0 saturated carbocycles. The lowest BCUT2D eigenvalue weighted by Gasteiger charge is -2.30. The van der Waals surface area contributed by atoms with Crippen LogP contribution >= 0.6 is 0 Å². The van der Waals surface area contributed by atoms with Gasteiger partial charge in [-0.25, -0.2) is 0 Å². The molecule has 0 aromatic rings. The number of hydrogen-bond donors (Lipinski definition) is 1. The van der Waals surface area contributed by atoms with Gasteiger partial charge in [0.25, 0.3) is 5.91 Å². The maximum Gasteiger partial charge on any atom is 0.309 e. The van der Waals surface area contributed by atoms with Gasteiger partial charge >= 0.3 is 5.97 Å². The van der Waals surface area contributed by atoms with Crippen LogP contribution in [0.2, 0.25) is 0 Å². The first kappa shape index (κ1) is 20.0. The Labute approximate surface area is 144 Å². The van der Waals surface area contributed by atoms with E-state index >= 15 is 0 Å². The molecule has 0 atom stereocenters. The van der Waals surface area contributed by atoms with E-state index in [0.29, 0.717) is 39.1 Å². The molecule has 0 spiro atoms. The number of esters is 1. The molecule has 0 aromatic carbocycles. The number of likely N-dealkylation sites (tertiary alicyclic amines) is 1. The van der Waals surface area contributed by atoms with Crippen LogP contribution < -0.4 is 5.32 Å². The summed E-state index contributed by atoms with van der Waals surface area (Å²) in [6.07, 6.45) is 3.59. The summed E-state index contributed by atoms with van der Waals surface area (Å²) in [7, 11) is 4.00. The molecule has 0 radical (unpaired) electrons. The zero-order valence-electron chi connectivity index (χ0n) is 14.9. The molecule has 1 rings (SSSR count). The molecule has 0 unspecified atom stereocenters. The zero-order chi connectivity index (χ0) is 17.9. The number of nitrogens with zero attached hydrogens (tertiary/aromatic N) is 3. The van der Waals surface area contributed by atoms with Crippen LogP contribution in [0.15, 0.2) is 11.8 Å². The minimum atomic E-state index is -0.278. The molecule has 1 aliphatic heterocycles. The Morgan fingerprint density at radius 3 is 2.58 bits per heavy atom. The Morgan fingerprint density at radius 2 is 2.04 bits per heavy atom. The molecule has 7 heteroatoms. The topological polar surface area (TPSA) is 85.7 Å². The van der Waals surface area contributed by atoms with Crippen molar-refractivity contribution in [3.8, 4) is 6.07 Å². The predicted octanol–water partition coefficient (Wildman–Crippen LogP) is 0.737. The molecule has 0 aromatic heterocycles. The maximum absolute atomic E-state index is 12.4. The fourth-order valence-electron chi connectivity index (χ4n) is 2.56. The van der Waals surface area contributed by atoms with Gasteiger partial charge in [-0.3, -0.25) is 9.59 Å². The molecular weight excluding hydrogens is 308 g/mol. The van der Waals surface area contributed by atoms with Gasteiger partial charge in [-0.15, -0.1) is 0 Å². The van der Waals surface area contributed by atoms with E-state index in [1.807, 2.05) is 20.2 Å². The van der Waals surface area contributed by atoms with Crippen molar-refractivity contribution in [3.63, 3.8) is 0 Å². The second-order valence-corrected chi connectivity index (χ2v) is 6.10. The van der Waals surface area contributed by atoms with Crippen LogP contribution in [-0.2, 0) is 14.3 Å². The van der Waals surface area contributed by atoms with Crippen molar-refractivity contribution in [1.29, 1.82) is 5.26 Å². The van der Waals surface area contributed by atoms with Crippen molar-refractivity contribution in [3.05, 3.63) is 11.8 Å². The lowest BCUT2D eigenvalue weighted by Crippen LogP contribution is -2.41. The zero-order valence-corrected chi connectivity index (χ0v) is 14.9. The van der Waals surface area contributed by atoms with Crippen molar-refractivity contribution in [2.24, 2.45) is 5.92 Å². The van der Waals surface area contributed by atoms with Crippen molar-refractivity contribution >= 4 is 11.9 Å². The highest BCUT2D eigenvalue weighted by atomic mass is 16.5. The summed E-state index contributed by atoms with van der Waals surface area (Å²) in [5, 5.41) is 12.2. The summed E-state index contributed by atoms with van der Waals surface area (Å²) in [5.74, 6) is -0.615. The second kappa shape index (κ2) is 10.7. The van der Waals surface area contributed by atoms with Crippen LogP contribution in [0.5, 0.6) is 0 Å². The number of carbonyl (C=O) groups is 2. The summed E-state index contributed by atoms with van der Waals surface area (Å²) < 4.78 is 5.02. The average Bonchev–Trinajstić information content (AvgIpc) is 2.57. The molecule has 1 heterocycles. The van der Waals surface area contributed by atoms with Crippen LogP contribution in [-0.4, -0.2) is 68.6 Å². The molecule has 134 valence electrons. The highest BCUT2D eigenvalue weighted by Gasteiger charge is 2.29. The molecule has 7 nitrogen and oxygen atoms in total. The highest BCUT2D eigenvalue weighted by molar-refractivity contribution is 5.97. The Hall–Kier alpha value is -2.07. The van der Waals surface area contributed by atoms with Crippen LogP contribution in [0.25, 0.3) is 0 Å². The Kier molecular flexibility index (Phi) is 8.87. The van der Waals surface area contributed by atoms with Crippen LogP contribution in [0.1, 0.15) is 26.2 Å². The number of rotatable bonds is 8. The van der Waals surface area contributed by atoms with E-state index in [2.05, 4.69) is 10.2 Å². The highest BCUT2D eigenvalue weighted by Crippen LogP contribution is 2.19. The number of piperidine rings is 1. The minimum absolute atomic E-state index is 0.106. The quantitative estimate of drug-likeness (QED) is 0.304. The lowest BCUT2D eigenvalue weighted by molar-refractivity contribution is -0.150. The molecule has 1 aliphatic rings. The van der Waals surface area contributed by atoms with Gasteiger partial charge in [-0.2, -0.15) is 5.26 Å². The number of amides is 1. The van der Waals surface area contributed by atoms with E-state index in [4.69, 9.17) is 4.74 Å². The Morgan fingerprint density at radius 1 is 1.38 bits per heavy atom. The standard InChI is InChI=1S/C17H28N4O3/c1-4-24-17(23)14-6-10-21(11-7-14)16(22)15(12-18)13-19-8-5-9-20(2)3/h13-14,19H,4-11H2,1-3H3/b15-13-. The second-order valence-electron chi connectivity index (χ2n) is 6.10. The summed E-state index contributed by atoms with van der Waals surface area (Å²) >= 11 is 0.